The number of nitrogens with two attached hydrogens (primary N) is 1. The van der Waals surface area contributed by atoms with Crippen LogP contribution in [0.15, 0.2) is 12.1 Å². The lowest BCUT2D eigenvalue weighted by molar-refractivity contribution is 0.0831. The van der Waals surface area contributed by atoms with Gasteiger partial charge in [0.2, 0.25) is 0 Å². The molecule has 3 N–H and O–H groups in total. The van der Waals surface area contributed by atoms with Crippen molar-refractivity contribution in [2.75, 3.05) is 0 Å². The van der Waals surface area contributed by atoms with Crippen molar-refractivity contribution in [2.45, 2.75) is 37.8 Å². The van der Waals surface area contributed by atoms with Gasteiger partial charge in [0.25, 0.3) is 0 Å². The molecular formula is C13H17ClF3NO. The van der Waals surface area contributed by atoms with E-state index in [1.54, 1.807) is 0 Å². The van der Waals surface area contributed by atoms with E-state index in [9.17, 15) is 18.3 Å². The lowest BCUT2D eigenvalue weighted by atomic mass is 9.90. The van der Waals surface area contributed by atoms with Crippen LogP contribution in [0.2, 0.25) is 0 Å². The topological polar surface area (TPSA) is 46.2 Å². The van der Waals surface area contributed by atoms with Crippen molar-refractivity contribution in [3.05, 3.63) is 35.1 Å². The second kappa shape index (κ2) is 6.59. The van der Waals surface area contributed by atoms with Crippen LogP contribution < -0.4 is 5.73 Å². The van der Waals surface area contributed by atoms with Crippen LogP contribution in [0.5, 0.6) is 0 Å². The average Bonchev–Trinajstić information content (AvgIpc) is 2.85. The van der Waals surface area contributed by atoms with E-state index in [1.165, 1.54) is 0 Å². The summed E-state index contributed by atoms with van der Waals surface area (Å²) >= 11 is 0. The van der Waals surface area contributed by atoms with E-state index in [-0.39, 0.29) is 23.9 Å². The van der Waals surface area contributed by atoms with Gasteiger partial charge in [-0.15, -0.1) is 12.4 Å². The van der Waals surface area contributed by atoms with E-state index in [2.05, 4.69) is 0 Å². The van der Waals surface area contributed by atoms with E-state index in [0.717, 1.165) is 31.7 Å². The molecule has 6 heteroatoms. The molecule has 19 heavy (non-hydrogen) atoms. The first-order valence-corrected chi connectivity index (χ1v) is 6.09. The second-order valence-electron chi connectivity index (χ2n) is 4.85. The third kappa shape index (κ3) is 3.41. The number of halogens is 4. The second-order valence-corrected chi connectivity index (χ2v) is 4.85. The largest absolute Gasteiger partial charge is 0.391 e. The number of aliphatic hydroxyl groups is 1. The van der Waals surface area contributed by atoms with Crippen LogP contribution in [0.25, 0.3) is 0 Å². The number of hydrogen-bond acceptors (Lipinski definition) is 2. The molecule has 2 nitrogen and oxygen atoms in total. The summed E-state index contributed by atoms with van der Waals surface area (Å²) in [7, 11) is 0. The van der Waals surface area contributed by atoms with E-state index < -0.39 is 29.6 Å². The van der Waals surface area contributed by atoms with Crippen molar-refractivity contribution in [2.24, 2.45) is 11.7 Å². The minimum absolute atomic E-state index is 0. The smallest absolute Gasteiger partial charge is 0.161 e. The molecule has 2 atom stereocenters. The van der Waals surface area contributed by atoms with Crippen molar-refractivity contribution in [3.63, 3.8) is 0 Å². The third-order valence-corrected chi connectivity index (χ3v) is 3.65. The summed E-state index contributed by atoms with van der Waals surface area (Å²) in [5, 5.41) is 10.0. The van der Waals surface area contributed by atoms with Gasteiger partial charge < -0.3 is 10.8 Å². The van der Waals surface area contributed by atoms with Crippen LogP contribution in [0.4, 0.5) is 13.2 Å². The molecule has 0 spiro atoms. The number of benzene rings is 1. The van der Waals surface area contributed by atoms with Crippen molar-refractivity contribution in [1.29, 1.82) is 0 Å². The van der Waals surface area contributed by atoms with Gasteiger partial charge in [-0.2, -0.15) is 0 Å². The van der Waals surface area contributed by atoms with Gasteiger partial charge in [-0.1, -0.05) is 12.8 Å². The minimum atomic E-state index is -1.25. The van der Waals surface area contributed by atoms with Crippen molar-refractivity contribution in [1.82, 2.24) is 0 Å². The van der Waals surface area contributed by atoms with Crippen molar-refractivity contribution >= 4 is 12.4 Å². The minimum Gasteiger partial charge on any atom is -0.391 e. The molecular weight excluding hydrogens is 279 g/mol. The van der Waals surface area contributed by atoms with Crippen LogP contribution in [-0.4, -0.2) is 11.2 Å². The van der Waals surface area contributed by atoms with Crippen LogP contribution in [0, 0.1) is 23.4 Å². The lowest BCUT2D eigenvalue weighted by Gasteiger charge is -2.25. The summed E-state index contributed by atoms with van der Waals surface area (Å²) in [4.78, 5) is 0. The maximum Gasteiger partial charge on any atom is 0.161 e. The lowest BCUT2D eigenvalue weighted by Crippen LogP contribution is -2.32. The Labute approximate surface area is 116 Å². The maximum absolute atomic E-state index is 13.5. The van der Waals surface area contributed by atoms with Gasteiger partial charge >= 0.3 is 0 Å². The van der Waals surface area contributed by atoms with E-state index in [0.29, 0.717) is 6.07 Å². The fourth-order valence-electron chi connectivity index (χ4n) is 2.57. The molecule has 1 aliphatic carbocycles. The van der Waals surface area contributed by atoms with Crippen LogP contribution in [-0.2, 0) is 0 Å². The molecule has 1 aromatic carbocycles. The van der Waals surface area contributed by atoms with Gasteiger partial charge in [-0.05, 0) is 24.8 Å². The Morgan fingerprint density at radius 3 is 2.16 bits per heavy atom. The zero-order valence-corrected chi connectivity index (χ0v) is 11.1. The van der Waals surface area contributed by atoms with Gasteiger partial charge in [0.05, 0.1) is 12.1 Å². The van der Waals surface area contributed by atoms with E-state index in [1.807, 2.05) is 0 Å². The molecule has 1 aliphatic rings. The van der Waals surface area contributed by atoms with Crippen LogP contribution in [0.1, 0.15) is 37.3 Å². The average molecular weight is 296 g/mol. The summed E-state index contributed by atoms with van der Waals surface area (Å²) in [5.41, 5.74) is 5.59. The van der Waals surface area contributed by atoms with Gasteiger partial charge in [0.1, 0.15) is 5.82 Å². The van der Waals surface area contributed by atoms with E-state index in [4.69, 9.17) is 5.73 Å². The molecule has 0 bridgehead atoms. The number of aliphatic hydroxyl groups excluding tert-OH is 1. The zero-order valence-electron chi connectivity index (χ0n) is 10.3. The van der Waals surface area contributed by atoms with Crippen molar-refractivity contribution in [3.8, 4) is 0 Å². The first kappa shape index (κ1) is 16.3. The number of hydrogen-bond donors (Lipinski definition) is 2. The molecule has 1 fully saturated rings. The third-order valence-electron chi connectivity index (χ3n) is 3.65. The van der Waals surface area contributed by atoms with Crippen LogP contribution in [0.3, 0.4) is 0 Å². The predicted molar refractivity (Wildman–Crippen MR) is 68.5 cm³/mol. The van der Waals surface area contributed by atoms with Gasteiger partial charge in [-0.25, -0.2) is 13.2 Å². The molecule has 0 unspecified atom stereocenters. The van der Waals surface area contributed by atoms with Gasteiger partial charge in [-0.3, -0.25) is 0 Å². The highest BCUT2D eigenvalue weighted by molar-refractivity contribution is 5.85. The molecule has 2 rings (SSSR count). The Kier molecular flexibility index (Phi) is 5.64. The Bertz CT molecular complexity index is 438. The molecule has 0 amide bonds. The molecule has 0 aliphatic heterocycles. The molecule has 1 aromatic rings. The summed E-state index contributed by atoms with van der Waals surface area (Å²) in [6.45, 7) is 0. The van der Waals surface area contributed by atoms with Crippen molar-refractivity contribution < 1.29 is 18.3 Å². The summed E-state index contributed by atoms with van der Waals surface area (Å²) in [6, 6.07) is 0.169. The molecule has 0 heterocycles. The first-order chi connectivity index (χ1) is 8.50. The predicted octanol–water partition coefficient (Wildman–Crippen LogP) is 3.08. The van der Waals surface area contributed by atoms with E-state index >= 15 is 0 Å². The zero-order chi connectivity index (χ0) is 13.3. The van der Waals surface area contributed by atoms with Gasteiger partial charge in [0, 0.05) is 11.6 Å². The van der Waals surface area contributed by atoms with Gasteiger partial charge in [0.15, 0.2) is 11.6 Å². The highest BCUT2D eigenvalue weighted by Gasteiger charge is 2.30. The maximum atomic E-state index is 13.5. The summed E-state index contributed by atoms with van der Waals surface area (Å²) in [5.74, 6) is -3.31. The molecule has 0 radical (unpaired) electrons. The molecule has 0 aromatic heterocycles. The fraction of sp³-hybridized carbons (Fsp3) is 0.538. The Balaban J connectivity index is 0.00000180. The Morgan fingerprint density at radius 2 is 1.58 bits per heavy atom. The monoisotopic (exact) mass is 295 g/mol. The SMILES string of the molecule is Cl.N[C@H](c1cc(F)c(F)cc1F)[C@@H](O)C1CCCC1. The van der Waals surface area contributed by atoms with Crippen LogP contribution >= 0.6 is 12.4 Å². The Morgan fingerprint density at radius 1 is 1.05 bits per heavy atom. The molecule has 108 valence electrons. The Hall–Kier alpha value is -0.780. The summed E-state index contributed by atoms with van der Waals surface area (Å²) in [6.07, 6.45) is 2.76. The standard InChI is InChI=1S/C13H16F3NO.ClH/c14-9-6-11(16)10(15)5-8(9)12(17)13(18)7-3-1-2-4-7;/h5-7,12-13,18H,1-4,17H2;1H/t12-,13+;/m1./s1. The first-order valence-electron chi connectivity index (χ1n) is 6.09. The molecule has 0 saturated heterocycles. The quantitative estimate of drug-likeness (QED) is 0.842. The number of rotatable bonds is 3. The normalized spacial score (nSPS) is 19.0. The fourth-order valence-corrected chi connectivity index (χ4v) is 2.57. The molecule has 1 saturated carbocycles. The highest BCUT2D eigenvalue weighted by Crippen LogP contribution is 2.33. The summed E-state index contributed by atoms with van der Waals surface area (Å²) < 4.78 is 39.4. The highest BCUT2D eigenvalue weighted by atomic mass is 35.5.